The Labute approximate surface area is 108 Å². The first-order valence-corrected chi connectivity index (χ1v) is 6.76. The highest BCUT2D eigenvalue weighted by Gasteiger charge is 2.03. The van der Waals surface area contributed by atoms with Gasteiger partial charge in [0.15, 0.2) is 0 Å². The number of imidazole rings is 1. The van der Waals surface area contributed by atoms with Crippen molar-refractivity contribution in [3.05, 3.63) is 41.9 Å². The number of benzene rings is 1. The molecule has 90 valence electrons. The number of thioether (sulfide) groups is 1. The molecule has 2 rings (SSSR count). The molecular formula is C12H15N2OPS. The first kappa shape index (κ1) is 12.5. The Morgan fingerprint density at radius 1 is 1.35 bits per heavy atom. The molecule has 0 aliphatic rings. The highest BCUT2D eigenvalue weighted by atomic mass is 32.2. The average molecular weight is 266 g/mol. The smallest absolute Gasteiger partial charge is 0.118 e. The molecule has 0 fully saturated rings. The summed E-state index contributed by atoms with van der Waals surface area (Å²) >= 11 is 1.77. The fourth-order valence-electron chi connectivity index (χ4n) is 1.42. The van der Waals surface area contributed by atoms with E-state index in [0.29, 0.717) is 0 Å². The van der Waals surface area contributed by atoms with Crippen molar-refractivity contribution in [3.8, 4) is 5.75 Å². The third-order valence-electron chi connectivity index (χ3n) is 2.49. The van der Waals surface area contributed by atoms with Crippen LogP contribution in [0.15, 0.2) is 35.5 Å². The van der Waals surface area contributed by atoms with Gasteiger partial charge in [0, 0.05) is 5.75 Å². The van der Waals surface area contributed by atoms with Crippen molar-refractivity contribution in [2.45, 2.75) is 17.7 Å². The van der Waals surface area contributed by atoms with Crippen LogP contribution in [0, 0.1) is 6.92 Å². The van der Waals surface area contributed by atoms with Gasteiger partial charge in [-0.3, -0.25) is 0 Å². The van der Waals surface area contributed by atoms with Gasteiger partial charge in [-0.2, -0.15) is 0 Å². The molecule has 1 aromatic heterocycles. The molecule has 0 aliphatic carbocycles. The third kappa shape index (κ3) is 3.02. The summed E-state index contributed by atoms with van der Waals surface area (Å²) in [5.41, 5.74) is 1.28. The summed E-state index contributed by atoms with van der Waals surface area (Å²) in [6.07, 6.45) is 1.90. The molecule has 1 unspecified atom stereocenters. The SMILES string of the molecule is COc1ccc(CSc2cnc(C)n2P)cc1. The summed E-state index contributed by atoms with van der Waals surface area (Å²) < 4.78 is 7.15. The summed E-state index contributed by atoms with van der Waals surface area (Å²) in [5.74, 6) is 2.83. The van der Waals surface area contributed by atoms with Gasteiger partial charge >= 0.3 is 0 Å². The number of ether oxygens (including phenoxy) is 1. The van der Waals surface area contributed by atoms with Crippen molar-refractivity contribution < 1.29 is 4.74 Å². The molecule has 0 bridgehead atoms. The van der Waals surface area contributed by atoms with Gasteiger partial charge in [0.05, 0.1) is 18.3 Å². The van der Waals surface area contributed by atoms with Crippen LogP contribution in [-0.4, -0.2) is 16.4 Å². The fraction of sp³-hybridized carbons (Fsp3) is 0.250. The summed E-state index contributed by atoms with van der Waals surface area (Å²) in [5, 5.41) is 1.16. The van der Waals surface area contributed by atoms with Gasteiger partial charge in [-0.1, -0.05) is 12.1 Å². The van der Waals surface area contributed by atoms with E-state index in [4.69, 9.17) is 4.74 Å². The average Bonchev–Trinajstić information content (AvgIpc) is 2.68. The molecule has 1 aromatic carbocycles. The van der Waals surface area contributed by atoms with Gasteiger partial charge in [0.25, 0.3) is 0 Å². The molecule has 3 nitrogen and oxygen atoms in total. The van der Waals surface area contributed by atoms with E-state index in [-0.39, 0.29) is 0 Å². The number of rotatable bonds is 4. The molecular weight excluding hydrogens is 251 g/mol. The van der Waals surface area contributed by atoms with E-state index in [0.717, 1.165) is 22.4 Å². The molecule has 5 heteroatoms. The Morgan fingerprint density at radius 3 is 2.59 bits per heavy atom. The van der Waals surface area contributed by atoms with Gasteiger partial charge in [-0.25, -0.2) is 4.98 Å². The van der Waals surface area contributed by atoms with Crippen LogP contribution >= 0.6 is 21.2 Å². The summed E-state index contributed by atoms with van der Waals surface area (Å²) in [6, 6.07) is 8.14. The van der Waals surface area contributed by atoms with Gasteiger partial charge in [0.1, 0.15) is 11.6 Å². The monoisotopic (exact) mass is 266 g/mol. The predicted molar refractivity (Wildman–Crippen MR) is 74.6 cm³/mol. The van der Waals surface area contributed by atoms with Gasteiger partial charge in [-0.15, -0.1) is 11.8 Å². The highest BCUT2D eigenvalue weighted by Crippen LogP contribution is 2.26. The molecule has 0 amide bonds. The van der Waals surface area contributed by atoms with Crippen molar-refractivity contribution in [2.24, 2.45) is 0 Å². The van der Waals surface area contributed by atoms with E-state index in [1.165, 1.54) is 5.56 Å². The predicted octanol–water partition coefficient (Wildman–Crippen LogP) is 3.13. The number of methoxy groups -OCH3 is 1. The standard InChI is InChI=1S/C12H15N2OPS/c1-9-13-7-12(14(9)16)17-8-10-3-5-11(15-2)6-4-10/h3-7H,8,16H2,1-2H3. The minimum Gasteiger partial charge on any atom is -0.497 e. The number of hydrogen-bond acceptors (Lipinski definition) is 3. The van der Waals surface area contributed by atoms with Crippen LogP contribution in [0.4, 0.5) is 0 Å². The van der Waals surface area contributed by atoms with Crippen LogP contribution in [0.3, 0.4) is 0 Å². The molecule has 0 saturated heterocycles. The molecule has 0 aliphatic heterocycles. The summed E-state index contributed by atoms with van der Waals surface area (Å²) in [6.45, 7) is 1.99. The molecule has 2 aromatic rings. The fourth-order valence-corrected chi connectivity index (χ4v) is 2.68. The van der Waals surface area contributed by atoms with E-state index in [1.54, 1.807) is 18.9 Å². The van der Waals surface area contributed by atoms with E-state index >= 15 is 0 Å². The zero-order chi connectivity index (χ0) is 12.3. The lowest BCUT2D eigenvalue weighted by Gasteiger charge is -2.04. The zero-order valence-corrected chi connectivity index (χ0v) is 11.9. The first-order chi connectivity index (χ1) is 8.20. The number of nitrogens with zero attached hydrogens (tertiary/aromatic N) is 2. The van der Waals surface area contributed by atoms with Crippen molar-refractivity contribution in [1.82, 2.24) is 9.32 Å². The van der Waals surface area contributed by atoms with E-state index in [9.17, 15) is 0 Å². The van der Waals surface area contributed by atoms with Crippen LogP contribution in [0.2, 0.25) is 0 Å². The topological polar surface area (TPSA) is 27.1 Å². The molecule has 0 N–H and O–H groups in total. The van der Waals surface area contributed by atoms with Crippen molar-refractivity contribution in [2.75, 3.05) is 7.11 Å². The first-order valence-electron chi connectivity index (χ1n) is 5.26. The van der Waals surface area contributed by atoms with Gasteiger partial charge in [-0.05, 0) is 34.0 Å². The van der Waals surface area contributed by atoms with Crippen LogP contribution in [0.25, 0.3) is 0 Å². The molecule has 0 saturated carbocycles. The lowest BCUT2D eigenvalue weighted by Crippen LogP contribution is -1.87. The minimum absolute atomic E-state index is 0.894. The lowest BCUT2D eigenvalue weighted by atomic mass is 10.2. The number of aromatic nitrogens is 2. The second kappa shape index (κ2) is 5.56. The van der Waals surface area contributed by atoms with Gasteiger partial charge < -0.3 is 9.07 Å². The second-order valence-electron chi connectivity index (χ2n) is 3.65. The highest BCUT2D eigenvalue weighted by molar-refractivity contribution is 7.98. The Balaban J connectivity index is 2.00. The second-order valence-corrected chi connectivity index (χ2v) is 5.16. The minimum atomic E-state index is 0.894. The van der Waals surface area contributed by atoms with Crippen molar-refractivity contribution in [3.63, 3.8) is 0 Å². The number of aryl methyl sites for hydroxylation is 1. The Morgan fingerprint density at radius 2 is 2.06 bits per heavy atom. The van der Waals surface area contributed by atoms with Crippen LogP contribution in [-0.2, 0) is 5.75 Å². The molecule has 1 heterocycles. The molecule has 0 spiro atoms. The van der Waals surface area contributed by atoms with Crippen molar-refractivity contribution >= 4 is 21.2 Å². The van der Waals surface area contributed by atoms with E-state index in [1.807, 2.05) is 29.6 Å². The van der Waals surface area contributed by atoms with Crippen molar-refractivity contribution in [1.29, 1.82) is 0 Å². The zero-order valence-electron chi connectivity index (χ0n) is 9.88. The van der Waals surface area contributed by atoms with Gasteiger partial charge in [0.2, 0.25) is 0 Å². The van der Waals surface area contributed by atoms with Crippen LogP contribution < -0.4 is 4.74 Å². The maximum atomic E-state index is 5.13. The van der Waals surface area contributed by atoms with E-state index in [2.05, 4.69) is 26.5 Å². The summed E-state index contributed by atoms with van der Waals surface area (Å²) in [4.78, 5) is 4.26. The Bertz CT molecular complexity index is 496. The normalized spacial score (nSPS) is 10.5. The van der Waals surface area contributed by atoms with Crippen LogP contribution in [0.5, 0.6) is 5.75 Å². The maximum absolute atomic E-state index is 5.13. The number of hydrogen-bond donors (Lipinski definition) is 0. The van der Waals surface area contributed by atoms with E-state index < -0.39 is 0 Å². The Hall–Kier alpha value is -0.990. The maximum Gasteiger partial charge on any atom is 0.118 e. The summed E-state index contributed by atoms with van der Waals surface area (Å²) in [7, 11) is 4.35. The quantitative estimate of drug-likeness (QED) is 0.628. The molecule has 17 heavy (non-hydrogen) atoms. The molecule has 1 atom stereocenters. The Kier molecular flexibility index (Phi) is 4.08. The lowest BCUT2D eigenvalue weighted by molar-refractivity contribution is 0.414. The largest absolute Gasteiger partial charge is 0.497 e. The van der Waals surface area contributed by atoms with Crippen LogP contribution in [0.1, 0.15) is 11.4 Å². The third-order valence-corrected chi connectivity index (χ3v) is 4.41. The molecule has 0 radical (unpaired) electrons.